The smallest absolute Gasteiger partial charge is 0.00841 e. The van der Waals surface area contributed by atoms with Gasteiger partial charge in [-0.05, 0) is 68.2 Å². The fraction of sp³-hybridized carbons (Fsp3) is 0.412. The molecule has 1 aromatic carbocycles. The van der Waals surface area contributed by atoms with Gasteiger partial charge in [-0.15, -0.1) is 0 Å². The highest BCUT2D eigenvalue weighted by atomic mass is 14.5. The minimum Gasteiger partial charge on any atom is -0.0667 e. The fourth-order valence-corrected chi connectivity index (χ4v) is 2.98. The lowest BCUT2D eigenvalue weighted by molar-refractivity contribution is 0.903. The van der Waals surface area contributed by atoms with Gasteiger partial charge in [0.25, 0.3) is 0 Å². The van der Waals surface area contributed by atoms with Crippen LogP contribution in [0.25, 0.3) is 5.57 Å². The van der Waals surface area contributed by atoms with Crippen LogP contribution in [0, 0.1) is 25.7 Å². The molecule has 0 heteroatoms. The lowest BCUT2D eigenvalue weighted by atomic mass is 9.89. The molecule has 2 unspecified atom stereocenters. The Morgan fingerprint density at radius 2 is 1.71 bits per heavy atom. The van der Waals surface area contributed by atoms with Crippen LogP contribution in [-0.4, -0.2) is 0 Å². The summed E-state index contributed by atoms with van der Waals surface area (Å²) in [5.74, 6) is 1.65. The van der Waals surface area contributed by atoms with Gasteiger partial charge in [0, 0.05) is 0 Å². The van der Waals surface area contributed by atoms with E-state index in [1.165, 1.54) is 28.7 Å². The zero-order valence-electron chi connectivity index (χ0n) is 11.2. The van der Waals surface area contributed by atoms with Crippen LogP contribution in [0.1, 0.15) is 37.0 Å². The Hall–Kier alpha value is -1.30. The van der Waals surface area contributed by atoms with E-state index in [4.69, 9.17) is 0 Å². The Balaban J connectivity index is 2.05. The first-order valence-electron chi connectivity index (χ1n) is 6.54. The number of hydrogen-bond donors (Lipinski definition) is 0. The molecule has 0 amide bonds. The standard InChI is InChI=1S/C17H20/c1-10-5-6-14(7-11(10)2)16-8-12(3)13(4)15-9-17(15)16/h5-8,15,17H,9H2,1-4H3. The second-order valence-corrected chi connectivity index (χ2v) is 5.71. The third kappa shape index (κ3) is 1.67. The molecule has 1 saturated carbocycles. The van der Waals surface area contributed by atoms with Crippen molar-refractivity contribution in [1.82, 2.24) is 0 Å². The molecule has 0 N–H and O–H groups in total. The third-order valence-corrected chi connectivity index (χ3v) is 4.58. The molecule has 3 rings (SSSR count). The number of hydrogen-bond acceptors (Lipinski definition) is 0. The summed E-state index contributed by atoms with van der Waals surface area (Å²) < 4.78 is 0. The van der Waals surface area contributed by atoms with Crippen LogP contribution in [-0.2, 0) is 0 Å². The van der Waals surface area contributed by atoms with Crippen LogP contribution < -0.4 is 0 Å². The fourth-order valence-electron chi connectivity index (χ4n) is 2.98. The van der Waals surface area contributed by atoms with E-state index in [-0.39, 0.29) is 0 Å². The lowest BCUT2D eigenvalue weighted by Gasteiger charge is -2.16. The average molecular weight is 224 g/mol. The first-order chi connectivity index (χ1) is 8.08. The maximum atomic E-state index is 2.41. The predicted molar refractivity (Wildman–Crippen MR) is 73.9 cm³/mol. The summed E-state index contributed by atoms with van der Waals surface area (Å²) in [6, 6.07) is 6.89. The van der Waals surface area contributed by atoms with E-state index in [9.17, 15) is 0 Å². The van der Waals surface area contributed by atoms with Crippen LogP contribution >= 0.6 is 0 Å². The topological polar surface area (TPSA) is 0 Å². The van der Waals surface area contributed by atoms with E-state index >= 15 is 0 Å². The summed E-state index contributed by atoms with van der Waals surface area (Å²) in [5.41, 5.74) is 8.90. The van der Waals surface area contributed by atoms with Crippen molar-refractivity contribution in [1.29, 1.82) is 0 Å². The van der Waals surface area contributed by atoms with E-state index in [0.717, 1.165) is 11.8 Å². The van der Waals surface area contributed by atoms with Gasteiger partial charge >= 0.3 is 0 Å². The second kappa shape index (κ2) is 3.60. The highest BCUT2D eigenvalue weighted by Gasteiger charge is 2.43. The molecule has 0 nitrogen and oxygen atoms in total. The highest BCUT2D eigenvalue weighted by Crippen LogP contribution is 2.55. The summed E-state index contributed by atoms with van der Waals surface area (Å²) >= 11 is 0. The zero-order chi connectivity index (χ0) is 12.2. The maximum Gasteiger partial charge on any atom is -0.00841 e. The van der Waals surface area contributed by atoms with Crippen LogP contribution in [0.2, 0.25) is 0 Å². The van der Waals surface area contributed by atoms with E-state index < -0.39 is 0 Å². The second-order valence-electron chi connectivity index (χ2n) is 5.71. The molecule has 17 heavy (non-hydrogen) atoms. The van der Waals surface area contributed by atoms with Crippen molar-refractivity contribution in [2.24, 2.45) is 11.8 Å². The molecule has 0 aromatic heterocycles. The monoisotopic (exact) mass is 224 g/mol. The van der Waals surface area contributed by atoms with Gasteiger partial charge in [-0.2, -0.15) is 0 Å². The first-order valence-corrected chi connectivity index (χ1v) is 6.54. The zero-order valence-corrected chi connectivity index (χ0v) is 11.2. The van der Waals surface area contributed by atoms with Crippen molar-refractivity contribution >= 4 is 5.57 Å². The van der Waals surface area contributed by atoms with Crippen LogP contribution in [0.5, 0.6) is 0 Å². The van der Waals surface area contributed by atoms with E-state index in [2.05, 4.69) is 52.0 Å². The van der Waals surface area contributed by atoms with Crippen LogP contribution in [0.3, 0.4) is 0 Å². The summed E-state index contributed by atoms with van der Waals surface area (Å²) in [4.78, 5) is 0. The molecular weight excluding hydrogens is 204 g/mol. The highest BCUT2D eigenvalue weighted by molar-refractivity contribution is 5.75. The van der Waals surface area contributed by atoms with Gasteiger partial charge in [-0.1, -0.05) is 35.4 Å². The van der Waals surface area contributed by atoms with Gasteiger partial charge in [-0.3, -0.25) is 0 Å². The van der Waals surface area contributed by atoms with E-state index in [1.54, 1.807) is 11.1 Å². The first kappa shape index (κ1) is 10.8. The van der Waals surface area contributed by atoms with Crippen molar-refractivity contribution in [2.45, 2.75) is 34.1 Å². The number of benzene rings is 1. The van der Waals surface area contributed by atoms with Crippen molar-refractivity contribution in [3.05, 3.63) is 52.1 Å². The molecule has 0 heterocycles. The van der Waals surface area contributed by atoms with Gasteiger partial charge < -0.3 is 0 Å². The summed E-state index contributed by atoms with van der Waals surface area (Å²) in [6.07, 6.45) is 3.77. The summed E-state index contributed by atoms with van der Waals surface area (Å²) in [6.45, 7) is 8.95. The molecule has 0 spiro atoms. The number of fused-ring (bicyclic) bond motifs is 1. The Bertz CT molecular complexity index is 543. The third-order valence-electron chi connectivity index (χ3n) is 4.58. The van der Waals surface area contributed by atoms with Crippen molar-refractivity contribution in [2.75, 3.05) is 0 Å². The Labute approximate surface area is 104 Å². The van der Waals surface area contributed by atoms with Crippen LogP contribution in [0.15, 0.2) is 35.4 Å². The van der Waals surface area contributed by atoms with Gasteiger partial charge in [0.15, 0.2) is 0 Å². The molecule has 0 aliphatic heterocycles. The van der Waals surface area contributed by atoms with Crippen molar-refractivity contribution < 1.29 is 0 Å². The largest absolute Gasteiger partial charge is 0.0667 e. The molecule has 2 atom stereocenters. The molecule has 1 fully saturated rings. The van der Waals surface area contributed by atoms with Gasteiger partial charge in [0.05, 0.1) is 0 Å². The molecule has 0 bridgehead atoms. The lowest BCUT2D eigenvalue weighted by Crippen LogP contribution is -1.99. The normalized spacial score (nSPS) is 26.7. The van der Waals surface area contributed by atoms with Gasteiger partial charge in [-0.25, -0.2) is 0 Å². The molecular formula is C17H20. The number of rotatable bonds is 1. The minimum absolute atomic E-state index is 0.806. The Morgan fingerprint density at radius 1 is 0.941 bits per heavy atom. The predicted octanol–water partition coefficient (Wildman–Crippen LogP) is 4.67. The molecule has 1 aromatic rings. The molecule has 0 saturated heterocycles. The van der Waals surface area contributed by atoms with Crippen LogP contribution in [0.4, 0.5) is 0 Å². The maximum absolute atomic E-state index is 2.41. The minimum atomic E-state index is 0.806. The van der Waals surface area contributed by atoms with Crippen molar-refractivity contribution in [3.8, 4) is 0 Å². The summed E-state index contributed by atoms with van der Waals surface area (Å²) in [5, 5.41) is 0. The van der Waals surface area contributed by atoms with E-state index in [1.807, 2.05) is 0 Å². The average Bonchev–Trinajstić information content (AvgIpc) is 3.08. The number of aryl methyl sites for hydroxylation is 2. The molecule has 0 radical (unpaired) electrons. The molecule has 88 valence electrons. The Morgan fingerprint density at radius 3 is 2.41 bits per heavy atom. The quantitative estimate of drug-likeness (QED) is 0.650. The Kier molecular flexibility index (Phi) is 2.29. The molecule has 2 aliphatic rings. The van der Waals surface area contributed by atoms with Crippen molar-refractivity contribution in [3.63, 3.8) is 0 Å². The summed E-state index contributed by atoms with van der Waals surface area (Å²) in [7, 11) is 0. The number of allylic oxidation sites excluding steroid dienone is 4. The van der Waals surface area contributed by atoms with Gasteiger partial charge in [0.1, 0.15) is 0 Å². The van der Waals surface area contributed by atoms with E-state index in [0.29, 0.717) is 0 Å². The SMILES string of the molecule is CC1=C(C)C2CC2C(c2ccc(C)c(C)c2)=C1. The van der Waals surface area contributed by atoms with Gasteiger partial charge in [0.2, 0.25) is 0 Å². The molecule has 2 aliphatic carbocycles.